The Bertz CT molecular complexity index is 945. The van der Waals surface area contributed by atoms with Crippen LogP contribution in [0.2, 0.25) is 0 Å². The third-order valence-electron chi connectivity index (χ3n) is 8.09. The Morgan fingerprint density at radius 1 is 0.955 bits per heavy atom. The summed E-state index contributed by atoms with van der Waals surface area (Å²) in [5, 5.41) is 6.98. The first-order valence-electron chi connectivity index (χ1n) is 17.2. The molecule has 0 bridgehead atoms. The zero-order valence-electron chi connectivity index (χ0n) is 29.0. The van der Waals surface area contributed by atoms with Crippen molar-refractivity contribution in [3.63, 3.8) is 0 Å². The second-order valence-electron chi connectivity index (χ2n) is 11.9. The molecule has 2 aromatic carbocycles. The fourth-order valence-electron chi connectivity index (χ4n) is 4.88. The van der Waals surface area contributed by atoms with Crippen molar-refractivity contribution in [3.8, 4) is 0 Å². The summed E-state index contributed by atoms with van der Waals surface area (Å²) in [6, 6.07) is 21.7. The van der Waals surface area contributed by atoms with Crippen LogP contribution in [0.15, 0.2) is 77.8 Å². The van der Waals surface area contributed by atoms with Gasteiger partial charge in [0.15, 0.2) is 0 Å². The maximum absolute atomic E-state index is 8.00. The monoisotopic (exact) mass is 642 g/mol. The van der Waals surface area contributed by atoms with Crippen molar-refractivity contribution in [1.29, 1.82) is 0 Å². The molecular formula is C39H67N2OPS. The number of carbonyl (C=O) groups is 1. The van der Waals surface area contributed by atoms with Gasteiger partial charge in [-0.05, 0) is 60.5 Å². The van der Waals surface area contributed by atoms with Gasteiger partial charge < -0.3 is 15.4 Å². The molecule has 3 unspecified atom stereocenters. The summed E-state index contributed by atoms with van der Waals surface area (Å²) in [6.07, 6.45) is 16.1. The van der Waals surface area contributed by atoms with E-state index in [-0.39, 0.29) is 10.5 Å². The second kappa shape index (κ2) is 28.7. The minimum Gasteiger partial charge on any atom is -0.387 e. The van der Waals surface area contributed by atoms with Crippen LogP contribution >= 0.6 is 19.7 Å². The van der Waals surface area contributed by atoms with E-state index in [4.69, 9.17) is 4.79 Å². The van der Waals surface area contributed by atoms with Crippen molar-refractivity contribution in [2.45, 2.75) is 116 Å². The number of nitrogens with one attached hydrogen (secondary N) is 2. The van der Waals surface area contributed by atoms with Gasteiger partial charge in [0, 0.05) is 29.5 Å². The SMILES string of the molecule is C=C(NCC(C)CC)[C@H](CC1CC1)NCP.C=O.C=S(CCCc1ccccc1)c1ccccc1.CC.CC1CCCCC1. The molecule has 2 aliphatic carbocycles. The Kier molecular flexibility index (Phi) is 27.6. The lowest BCUT2D eigenvalue weighted by molar-refractivity contribution is -0.0980. The van der Waals surface area contributed by atoms with Crippen molar-refractivity contribution in [2.24, 2.45) is 17.8 Å². The molecule has 2 aliphatic rings. The highest BCUT2D eigenvalue weighted by molar-refractivity contribution is 8.14. The topological polar surface area (TPSA) is 41.1 Å². The molecule has 0 radical (unpaired) electrons. The Balaban J connectivity index is 0.000000634. The van der Waals surface area contributed by atoms with E-state index in [1.165, 1.54) is 86.1 Å². The highest BCUT2D eigenvalue weighted by Gasteiger charge is 2.26. The van der Waals surface area contributed by atoms with Crippen LogP contribution in [-0.4, -0.2) is 37.3 Å². The molecule has 3 nitrogen and oxygen atoms in total. The molecule has 0 spiro atoms. The van der Waals surface area contributed by atoms with Crippen LogP contribution in [0.5, 0.6) is 0 Å². The molecule has 0 heterocycles. The first-order valence-corrected chi connectivity index (χ1v) is 19.5. The molecule has 2 N–H and O–H groups in total. The van der Waals surface area contributed by atoms with Gasteiger partial charge in [-0.15, -0.1) is 9.24 Å². The van der Waals surface area contributed by atoms with E-state index in [0.717, 1.165) is 37.0 Å². The molecule has 0 aliphatic heterocycles. The van der Waals surface area contributed by atoms with Crippen LogP contribution < -0.4 is 10.6 Å². The molecule has 2 aromatic rings. The number of hydrogen-bond donors (Lipinski definition) is 2. The molecule has 4 rings (SSSR count). The summed E-state index contributed by atoms with van der Waals surface area (Å²) >= 11 is 0. The largest absolute Gasteiger partial charge is 0.387 e. The summed E-state index contributed by atoms with van der Waals surface area (Å²) < 4.78 is 0. The van der Waals surface area contributed by atoms with Crippen LogP contribution in [0, 0.1) is 17.8 Å². The molecule has 2 fully saturated rings. The van der Waals surface area contributed by atoms with Crippen molar-refractivity contribution < 1.29 is 4.79 Å². The van der Waals surface area contributed by atoms with Gasteiger partial charge in [-0.3, -0.25) is 0 Å². The fourth-order valence-corrected chi connectivity index (χ4v) is 6.44. The summed E-state index contributed by atoms with van der Waals surface area (Å²) in [4.78, 5) is 9.38. The zero-order valence-corrected chi connectivity index (χ0v) is 31.0. The van der Waals surface area contributed by atoms with E-state index < -0.39 is 0 Å². The lowest BCUT2D eigenvalue weighted by atomic mass is 9.91. The lowest BCUT2D eigenvalue weighted by Gasteiger charge is -2.23. The van der Waals surface area contributed by atoms with Gasteiger partial charge in [-0.1, -0.05) is 147 Å². The standard InChI is InChI=1S/C16H18S.C13H27N2P.C7H14.C2H6.CH2O/c1-17(16-12-6-3-7-13-16)14-8-11-15-9-4-2-5-10-15;1-4-10(2)8-14-11(3)13(15-9-16)7-12-5-6-12;1-7-5-3-2-4-6-7;2*1-2/h2-7,9-10,12-13H,1,8,11,14H2;10,12-15H,3-9,16H2,1-2H3;7H,2-6H2,1H3;1-2H3;1H2/t;10?,13-;;;/m.0.../s1. The molecular weight excluding hydrogens is 575 g/mol. The van der Waals surface area contributed by atoms with Crippen molar-refractivity contribution >= 4 is 32.4 Å². The van der Waals surface area contributed by atoms with Crippen LogP contribution in [0.4, 0.5) is 0 Å². The Morgan fingerprint density at radius 2 is 1.52 bits per heavy atom. The summed E-state index contributed by atoms with van der Waals surface area (Å²) in [7, 11) is 2.88. The first kappa shape index (κ1) is 42.3. The smallest absolute Gasteiger partial charge is 0.106 e. The minimum atomic E-state index is 0.143. The average molecular weight is 643 g/mol. The normalized spacial score (nSPS) is 16.0. The van der Waals surface area contributed by atoms with Crippen LogP contribution in [0.25, 0.3) is 0 Å². The summed E-state index contributed by atoms with van der Waals surface area (Å²) in [6.45, 7) is 18.1. The summed E-state index contributed by atoms with van der Waals surface area (Å²) in [5.41, 5.74) is 2.60. The highest BCUT2D eigenvalue weighted by atomic mass is 32.2. The van der Waals surface area contributed by atoms with Gasteiger partial charge >= 0.3 is 0 Å². The van der Waals surface area contributed by atoms with Gasteiger partial charge in [-0.25, -0.2) is 0 Å². The maximum atomic E-state index is 8.00. The van der Waals surface area contributed by atoms with Gasteiger partial charge in [0.25, 0.3) is 0 Å². The van der Waals surface area contributed by atoms with E-state index in [9.17, 15) is 0 Å². The van der Waals surface area contributed by atoms with Gasteiger partial charge in [0.1, 0.15) is 6.79 Å². The number of benzene rings is 2. The predicted molar refractivity (Wildman–Crippen MR) is 205 cm³/mol. The van der Waals surface area contributed by atoms with Gasteiger partial charge in [0.05, 0.1) is 0 Å². The number of carbonyl (C=O) groups excluding carboxylic acids is 1. The number of rotatable bonds is 14. The maximum Gasteiger partial charge on any atom is 0.106 e. The third kappa shape index (κ3) is 21.9. The van der Waals surface area contributed by atoms with E-state index in [2.05, 4.69) is 114 Å². The van der Waals surface area contributed by atoms with Gasteiger partial charge in [0.2, 0.25) is 0 Å². The lowest BCUT2D eigenvalue weighted by Crippen LogP contribution is -2.37. The predicted octanol–water partition coefficient (Wildman–Crippen LogP) is 10.5. The second-order valence-corrected chi connectivity index (χ2v) is 14.2. The highest BCUT2D eigenvalue weighted by Crippen LogP contribution is 2.34. The average Bonchev–Trinajstić information content (AvgIpc) is 3.91. The summed E-state index contributed by atoms with van der Waals surface area (Å²) in [5.74, 6) is 8.15. The quantitative estimate of drug-likeness (QED) is 0.159. The van der Waals surface area contributed by atoms with E-state index in [0.29, 0.717) is 6.04 Å². The molecule has 0 aromatic heterocycles. The van der Waals surface area contributed by atoms with Crippen molar-refractivity contribution in [1.82, 2.24) is 10.6 Å². The van der Waals surface area contributed by atoms with Crippen molar-refractivity contribution in [2.75, 3.05) is 18.6 Å². The van der Waals surface area contributed by atoms with E-state index in [1.807, 2.05) is 20.6 Å². The molecule has 250 valence electrons. The Labute approximate surface area is 278 Å². The Morgan fingerprint density at radius 3 is 2.00 bits per heavy atom. The van der Waals surface area contributed by atoms with E-state index in [1.54, 1.807) is 0 Å². The first-order chi connectivity index (χ1) is 21.4. The molecule has 44 heavy (non-hydrogen) atoms. The molecule has 5 heteroatoms. The Hall–Kier alpha value is -1.74. The fraction of sp³-hybridized carbons (Fsp3) is 0.590. The van der Waals surface area contributed by atoms with E-state index >= 15 is 0 Å². The third-order valence-corrected chi connectivity index (χ3v) is 10.1. The van der Waals surface area contributed by atoms with Crippen LogP contribution in [0.1, 0.15) is 104 Å². The van der Waals surface area contributed by atoms with Gasteiger partial charge in [-0.2, -0.15) is 10.5 Å². The molecule has 2 saturated carbocycles. The molecule has 0 amide bonds. The molecule has 0 saturated heterocycles. The van der Waals surface area contributed by atoms with Crippen LogP contribution in [0.3, 0.4) is 0 Å². The number of aryl methyl sites for hydroxylation is 1. The zero-order chi connectivity index (χ0) is 33.0. The molecule has 4 atom stereocenters. The van der Waals surface area contributed by atoms with Crippen molar-refractivity contribution in [3.05, 3.63) is 78.5 Å². The minimum absolute atomic E-state index is 0.143. The number of hydrogen-bond acceptors (Lipinski definition) is 3. The van der Waals surface area contributed by atoms with Crippen LogP contribution in [-0.2, 0) is 11.2 Å².